The van der Waals surface area contributed by atoms with E-state index < -0.39 is 5.97 Å². The third kappa shape index (κ3) is 2.61. The van der Waals surface area contributed by atoms with Crippen LogP contribution in [0, 0.1) is 12.8 Å². The summed E-state index contributed by atoms with van der Waals surface area (Å²) >= 11 is 0. The van der Waals surface area contributed by atoms with E-state index in [0.717, 1.165) is 19.4 Å². The molecule has 1 unspecified atom stereocenters. The molecular weight excluding hydrogens is 202 g/mol. The van der Waals surface area contributed by atoms with Crippen LogP contribution in [0.4, 0.5) is 0 Å². The predicted octanol–water partition coefficient (Wildman–Crippen LogP) is 1.60. The lowest BCUT2D eigenvalue weighted by molar-refractivity contribution is -0.139. The first-order valence-corrected chi connectivity index (χ1v) is 5.67. The lowest BCUT2D eigenvalue weighted by Crippen LogP contribution is -2.29. The fourth-order valence-electron chi connectivity index (χ4n) is 2.21. The third-order valence-electron chi connectivity index (χ3n) is 3.17. The number of carboxylic acids is 1. The van der Waals surface area contributed by atoms with Crippen LogP contribution in [0.3, 0.4) is 0 Å². The van der Waals surface area contributed by atoms with Gasteiger partial charge in [-0.2, -0.15) is 0 Å². The smallest absolute Gasteiger partial charge is 0.320 e. The standard InChI is InChI=1S/C13H17NO2/c1-9-2-4-10(5-3-9)6-11-7-12(13(15)16)14-8-11/h2-5,11-12,14H,6-8H2,1H3,(H,15,16)/t11?,12-/m0/s1. The molecule has 0 spiro atoms. The van der Waals surface area contributed by atoms with Crippen LogP contribution in [0.25, 0.3) is 0 Å². The summed E-state index contributed by atoms with van der Waals surface area (Å²) in [7, 11) is 0. The fourth-order valence-corrected chi connectivity index (χ4v) is 2.21. The van der Waals surface area contributed by atoms with Crippen molar-refractivity contribution in [2.45, 2.75) is 25.8 Å². The zero-order chi connectivity index (χ0) is 11.5. The van der Waals surface area contributed by atoms with Gasteiger partial charge in [0.15, 0.2) is 0 Å². The van der Waals surface area contributed by atoms with Crippen molar-refractivity contribution in [1.29, 1.82) is 0 Å². The quantitative estimate of drug-likeness (QED) is 0.811. The summed E-state index contributed by atoms with van der Waals surface area (Å²) in [5.74, 6) is -0.282. The van der Waals surface area contributed by atoms with Crippen LogP contribution in [0.5, 0.6) is 0 Å². The fraction of sp³-hybridized carbons (Fsp3) is 0.462. The van der Waals surface area contributed by atoms with Crippen LogP contribution in [0.15, 0.2) is 24.3 Å². The van der Waals surface area contributed by atoms with Gasteiger partial charge >= 0.3 is 5.97 Å². The van der Waals surface area contributed by atoms with Crippen molar-refractivity contribution in [3.63, 3.8) is 0 Å². The van der Waals surface area contributed by atoms with E-state index in [4.69, 9.17) is 5.11 Å². The molecule has 0 radical (unpaired) electrons. The van der Waals surface area contributed by atoms with Crippen molar-refractivity contribution < 1.29 is 9.90 Å². The van der Waals surface area contributed by atoms with E-state index in [-0.39, 0.29) is 6.04 Å². The molecule has 3 nitrogen and oxygen atoms in total. The Kier molecular flexibility index (Phi) is 3.25. The number of hydrogen-bond acceptors (Lipinski definition) is 2. The third-order valence-corrected chi connectivity index (χ3v) is 3.17. The molecule has 0 bridgehead atoms. The molecule has 1 aliphatic heterocycles. The second kappa shape index (κ2) is 4.66. The van der Waals surface area contributed by atoms with Gasteiger partial charge in [0.2, 0.25) is 0 Å². The van der Waals surface area contributed by atoms with Crippen LogP contribution in [0.1, 0.15) is 17.5 Å². The summed E-state index contributed by atoms with van der Waals surface area (Å²) in [6.07, 6.45) is 1.71. The molecule has 1 aromatic rings. The largest absolute Gasteiger partial charge is 0.480 e. The molecule has 1 aliphatic rings. The van der Waals surface area contributed by atoms with Crippen LogP contribution < -0.4 is 5.32 Å². The molecule has 0 saturated carbocycles. The Morgan fingerprint density at radius 2 is 2.12 bits per heavy atom. The molecular formula is C13H17NO2. The van der Waals surface area contributed by atoms with E-state index in [1.54, 1.807) is 0 Å². The first kappa shape index (κ1) is 11.1. The monoisotopic (exact) mass is 219 g/mol. The maximum Gasteiger partial charge on any atom is 0.320 e. The summed E-state index contributed by atoms with van der Waals surface area (Å²) in [6, 6.07) is 8.11. The number of carboxylic acid groups (broad SMARTS) is 1. The molecule has 1 aromatic carbocycles. The van der Waals surface area contributed by atoms with Crippen molar-refractivity contribution in [1.82, 2.24) is 5.32 Å². The van der Waals surface area contributed by atoms with Crippen molar-refractivity contribution in [3.8, 4) is 0 Å². The summed E-state index contributed by atoms with van der Waals surface area (Å²) in [4.78, 5) is 10.8. The van der Waals surface area contributed by atoms with Gasteiger partial charge in [-0.25, -0.2) is 0 Å². The van der Waals surface area contributed by atoms with E-state index >= 15 is 0 Å². The van der Waals surface area contributed by atoms with E-state index in [1.165, 1.54) is 11.1 Å². The lowest BCUT2D eigenvalue weighted by Gasteiger charge is -2.08. The van der Waals surface area contributed by atoms with Crippen molar-refractivity contribution in [2.24, 2.45) is 5.92 Å². The molecule has 16 heavy (non-hydrogen) atoms. The van der Waals surface area contributed by atoms with Crippen molar-refractivity contribution in [2.75, 3.05) is 6.54 Å². The van der Waals surface area contributed by atoms with Gasteiger partial charge in [-0.05, 0) is 37.8 Å². The molecule has 0 aromatic heterocycles. The minimum atomic E-state index is -0.730. The SMILES string of the molecule is Cc1ccc(CC2CN[C@H](C(=O)O)C2)cc1. The summed E-state index contributed by atoms with van der Waals surface area (Å²) in [5, 5.41) is 11.9. The van der Waals surface area contributed by atoms with Gasteiger partial charge in [-0.3, -0.25) is 4.79 Å². The zero-order valence-electron chi connectivity index (χ0n) is 9.44. The Morgan fingerprint density at radius 3 is 2.69 bits per heavy atom. The van der Waals surface area contributed by atoms with Crippen molar-refractivity contribution >= 4 is 5.97 Å². The van der Waals surface area contributed by atoms with Crippen LogP contribution >= 0.6 is 0 Å². The number of rotatable bonds is 3. The van der Waals surface area contributed by atoms with Crippen LogP contribution in [-0.4, -0.2) is 23.7 Å². The Balaban J connectivity index is 1.92. The maximum atomic E-state index is 10.8. The van der Waals surface area contributed by atoms with Crippen molar-refractivity contribution in [3.05, 3.63) is 35.4 Å². The highest BCUT2D eigenvalue weighted by Crippen LogP contribution is 2.19. The summed E-state index contributed by atoms with van der Waals surface area (Å²) in [6.45, 7) is 2.88. The topological polar surface area (TPSA) is 49.3 Å². The van der Waals surface area contributed by atoms with Gasteiger partial charge in [-0.15, -0.1) is 0 Å². The minimum Gasteiger partial charge on any atom is -0.480 e. The molecule has 0 aliphatic carbocycles. The molecule has 1 fully saturated rings. The predicted molar refractivity (Wildman–Crippen MR) is 62.4 cm³/mol. The molecule has 86 valence electrons. The highest BCUT2D eigenvalue weighted by molar-refractivity contribution is 5.73. The molecule has 2 atom stereocenters. The van der Waals surface area contributed by atoms with E-state index in [2.05, 4.69) is 36.5 Å². The minimum absolute atomic E-state index is 0.351. The first-order chi connectivity index (χ1) is 7.65. The zero-order valence-corrected chi connectivity index (χ0v) is 9.44. The highest BCUT2D eigenvalue weighted by Gasteiger charge is 2.28. The summed E-state index contributed by atoms with van der Waals surface area (Å²) < 4.78 is 0. The van der Waals surface area contributed by atoms with Gasteiger partial charge in [0.05, 0.1) is 0 Å². The van der Waals surface area contributed by atoms with Gasteiger partial charge in [-0.1, -0.05) is 29.8 Å². The van der Waals surface area contributed by atoms with Crippen LogP contribution in [0.2, 0.25) is 0 Å². The maximum absolute atomic E-state index is 10.8. The van der Waals surface area contributed by atoms with E-state index in [1.807, 2.05) is 0 Å². The molecule has 1 heterocycles. The second-order valence-corrected chi connectivity index (χ2v) is 4.59. The van der Waals surface area contributed by atoms with E-state index in [9.17, 15) is 4.79 Å². The number of carbonyl (C=O) groups is 1. The average Bonchev–Trinajstić information content (AvgIpc) is 2.70. The van der Waals surface area contributed by atoms with Gasteiger partial charge in [0.25, 0.3) is 0 Å². The van der Waals surface area contributed by atoms with Crippen LogP contribution in [-0.2, 0) is 11.2 Å². The highest BCUT2D eigenvalue weighted by atomic mass is 16.4. The molecule has 0 amide bonds. The number of hydrogen-bond donors (Lipinski definition) is 2. The Labute approximate surface area is 95.5 Å². The molecule has 2 N–H and O–H groups in total. The summed E-state index contributed by atoms with van der Waals surface area (Å²) in [5.41, 5.74) is 2.56. The Bertz CT molecular complexity index is 372. The molecule has 2 rings (SSSR count). The average molecular weight is 219 g/mol. The van der Waals surface area contributed by atoms with E-state index in [0.29, 0.717) is 5.92 Å². The molecule has 3 heteroatoms. The Morgan fingerprint density at radius 1 is 1.44 bits per heavy atom. The number of aliphatic carboxylic acids is 1. The van der Waals surface area contributed by atoms with Gasteiger partial charge in [0.1, 0.15) is 6.04 Å². The number of aryl methyl sites for hydroxylation is 1. The number of nitrogens with one attached hydrogen (secondary N) is 1. The lowest BCUT2D eigenvalue weighted by atomic mass is 9.96. The van der Waals surface area contributed by atoms with Gasteiger partial charge in [0, 0.05) is 0 Å². The second-order valence-electron chi connectivity index (χ2n) is 4.59. The normalized spacial score (nSPS) is 24.6. The number of benzene rings is 1. The Hall–Kier alpha value is -1.35. The van der Waals surface area contributed by atoms with Gasteiger partial charge < -0.3 is 10.4 Å². The molecule has 1 saturated heterocycles. The first-order valence-electron chi connectivity index (χ1n) is 5.67.